The maximum absolute atomic E-state index is 4.51. The van der Waals surface area contributed by atoms with Crippen molar-refractivity contribution < 1.29 is 0 Å². The average Bonchev–Trinajstić information content (AvgIpc) is 3.07. The van der Waals surface area contributed by atoms with E-state index in [4.69, 9.17) is 0 Å². The topological polar surface area (TPSA) is 34.8 Å². The Kier molecular flexibility index (Phi) is 3.66. The Morgan fingerprint density at radius 1 is 1.45 bits per heavy atom. The predicted octanol–water partition coefficient (Wildman–Crippen LogP) is 2.50. The molecule has 0 aliphatic heterocycles. The molecular formula is C16H24N4. The minimum atomic E-state index is 0.522. The molecule has 1 fully saturated rings. The van der Waals surface area contributed by atoms with Crippen molar-refractivity contribution in [2.75, 3.05) is 7.05 Å². The summed E-state index contributed by atoms with van der Waals surface area (Å²) in [6, 6.07) is 4.97. The highest BCUT2D eigenvalue weighted by Gasteiger charge is 2.31. The first-order valence-electron chi connectivity index (χ1n) is 7.56. The fourth-order valence-corrected chi connectivity index (χ4v) is 2.93. The number of hydrogen-bond donors (Lipinski definition) is 1. The minimum absolute atomic E-state index is 0.522. The molecule has 4 nitrogen and oxygen atoms in total. The molecular weight excluding hydrogens is 248 g/mol. The summed E-state index contributed by atoms with van der Waals surface area (Å²) in [6.45, 7) is 3.04. The molecule has 2 heterocycles. The van der Waals surface area contributed by atoms with Crippen LogP contribution in [0.2, 0.25) is 0 Å². The van der Waals surface area contributed by atoms with E-state index < -0.39 is 0 Å². The second-order valence-corrected chi connectivity index (χ2v) is 5.83. The van der Waals surface area contributed by atoms with Crippen LogP contribution in [-0.4, -0.2) is 21.4 Å². The van der Waals surface area contributed by atoms with Crippen LogP contribution in [0.3, 0.4) is 0 Å². The molecule has 0 saturated heterocycles. The van der Waals surface area contributed by atoms with Crippen LogP contribution in [0.15, 0.2) is 24.5 Å². The van der Waals surface area contributed by atoms with Gasteiger partial charge < -0.3 is 9.88 Å². The first-order valence-corrected chi connectivity index (χ1v) is 7.56. The minimum Gasteiger partial charge on any atom is -0.348 e. The second kappa shape index (κ2) is 5.44. The van der Waals surface area contributed by atoms with E-state index in [1.807, 2.05) is 11.7 Å². The molecule has 1 aliphatic rings. The van der Waals surface area contributed by atoms with E-state index in [0.717, 1.165) is 18.9 Å². The van der Waals surface area contributed by atoms with Crippen molar-refractivity contribution in [2.45, 2.75) is 38.8 Å². The summed E-state index contributed by atoms with van der Waals surface area (Å²) < 4.78 is 4.26. The third-order valence-electron chi connectivity index (χ3n) is 4.27. The fraction of sp³-hybridized carbons (Fsp3) is 0.562. The molecule has 1 atom stereocenters. The molecule has 108 valence electrons. The second-order valence-electron chi connectivity index (χ2n) is 5.83. The van der Waals surface area contributed by atoms with Crippen LogP contribution < -0.4 is 5.32 Å². The zero-order chi connectivity index (χ0) is 14.1. The maximum atomic E-state index is 4.51. The van der Waals surface area contributed by atoms with Gasteiger partial charge >= 0.3 is 0 Å². The summed E-state index contributed by atoms with van der Waals surface area (Å²) >= 11 is 0. The van der Waals surface area contributed by atoms with Crippen LogP contribution in [0, 0.1) is 5.92 Å². The first-order chi connectivity index (χ1) is 9.71. The summed E-state index contributed by atoms with van der Waals surface area (Å²) in [5, 5.41) is 7.96. The number of nitrogens with zero attached hydrogens (tertiary/aromatic N) is 3. The highest BCUT2D eigenvalue weighted by atomic mass is 15.3. The largest absolute Gasteiger partial charge is 0.348 e. The van der Waals surface area contributed by atoms with Gasteiger partial charge in [-0.3, -0.25) is 4.68 Å². The van der Waals surface area contributed by atoms with Gasteiger partial charge in [-0.15, -0.1) is 0 Å². The number of rotatable bonds is 6. The lowest BCUT2D eigenvalue weighted by molar-refractivity contribution is 0.527. The Morgan fingerprint density at radius 2 is 2.25 bits per heavy atom. The number of aryl methyl sites for hydroxylation is 2. The summed E-state index contributed by atoms with van der Waals surface area (Å²) in [6.07, 6.45) is 8.17. The molecule has 1 N–H and O–H groups in total. The van der Waals surface area contributed by atoms with Gasteiger partial charge in [0.15, 0.2) is 0 Å². The number of hydrogen-bond acceptors (Lipinski definition) is 2. The van der Waals surface area contributed by atoms with E-state index in [1.54, 1.807) is 0 Å². The van der Waals surface area contributed by atoms with Gasteiger partial charge in [-0.05, 0) is 49.9 Å². The van der Waals surface area contributed by atoms with Gasteiger partial charge in [-0.25, -0.2) is 0 Å². The summed E-state index contributed by atoms with van der Waals surface area (Å²) in [5.74, 6) is 0.833. The predicted molar refractivity (Wildman–Crippen MR) is 80.6 cm³/mol. The Balaban J connectivity index is 1.74. The summed E-state index contributed by atoms with van der Waals surface area (Å²) in [4.78, 5) is 0. The Labute approximate surface area is 120 Å². The quantitative estimate of drug-likeness (QED) is 0.877. The van der Waals surface area contributed by atoms with Gasteiger partial charge in [-0.1, -0.05) is 6.92 Å². The van der Waals surface area contributed by atoms with Crippen molar-refractivity contribution in [1.82, 2.24) is 19.7 Å². The molecule has 1 saturated carbocycles. The van der Waals surface area contributed by atoms with Crippen molar-refractivity contribution in [3.05, 3.63) is 41.5 Å². The van der Waals surface area contributed by atoms with Crippen LogP contribution in [0.4, 0.5) is 0 Å². The van der Waals surface area contributed by atoms with Gasteiger partial charge in [0.25, 0.3) is 0 Å². The third-order valence-corrected chi connectivity index (χ3v) is 4.27. The molecule has 2 aromatic rings. The highest BCUT2D eigenvalue weighted by Crippen LogP contribution is 2.40. The Morgan fingerprint density at radius 3 is 2.85 bits per heavy atom. The van der Waals surface area contributed by atoms with E-state index >= 15 is 0 Å². The van der Waals surface area contributed by atoms with Crippen molar-refractivity contribution >= 4 is 0 Å². The lowest BCUT2D eigenvalue weighted by Gasteiger charge is -2.13. The molecule has 0 amide bonds. The zero-order valence-corrected chi connectivity index (χ0v) is 12.6. The third kappa shape index (κ3) is 2.66. The molecule has 1 unspecified atom stereocenters. The van der Waals surface area contributed by atoms with Gasteiger partial charge in [0.2, 0.25) is 0 Å². The monoisotopic (exact) mass is 272 g/mol. The smallest absolute Gasteiger partial charge is 0.0639 e. The molecule has 0 aromatic carbocycles. The van der Waals surface area contributed by atoms with E-state index in [9.17, 15) is 0 Å². The summed E-state index contributed by atoms with van der Waals surface area (Å²) in [7, 11) is 4.09. The SMILES string of the molecule is CCc1cc(Cn2ccc(C(NC)C3CC3)c2)n(C)n1. The van der Waals surface area contributed by atoms with Crippen LogP contribution >= 0.6 is 0 Å². The Bertz CT molecular complexity index is 577. The van der Waals surface area contributed by atoms with E-state index in [-0.39, 0.29) is 0 Å². The van der Waals surface area contributed by atoms with E-state index in [1.165, 1.54) is 29.8 Å². The van der Waals surface area contributed by atoms with Gasteiger partial charge in [-0.2, -0.15) is 5.10 Å². The van der Waals surface area contributed by atoms with Crippen LogP contribution in [0.25, 0.3) is 0 Å². The average molecular weight is 272 g/mol. The number of aromatic nitrogens is 3. The molecule has 0 bridgehead atoms. The van der Waals surface area contributed by atoms with Crippen molar-refractivity contribution in [3.8, 4) is 0 Å². The molecule has 4 heteroatoms. The molecule has 0 radical (unpaired) electrons. The molecule has 3 rings (SSSR count). The van der Waals surface area contributed by atoms with E-state index in [2.05, 4.69) is 53.5 Å². The maximum Gasteiger partial charge on any atom is 0.0639 e. The Hall–Kier alpha value is -1.55. The molecule has 20 heavy (non-hydrogen) atoms. The van der Waals surface area contributed by atoms with E-state index in [0.29, 0.717) is 6.04 Å². The van der Waals surface area contributed by atoms with Gasteiger partial charge in [0.05, 0.1) is 17.9 Å². The van der Waals surface area contributed by atoms with Crippen molar-refractivity contribution in [3.63, 3.8) is 0 Å². The standard InChI is InChI=1S/C16H24N4/c1-4-14-9-15(19(3)18-14)11-20-8-7-13(10-20)16(17-2)12-5-6-12/h7-10,12,16-17H,4-6,11H2,1-3H3. The normalized spacial score (nSPS) is 16.6. The van der Waals surface area contributed by atoms with Crippen LogP contribution in [-0.2, 0) is 20.0 Å². The van der Waals surface area contributed by atoms with Crippen molar-refractivity contribution in [2.24, 2.45) is 13.0 Å². The lowest BCUT2D eigenvalue weighted by Crippen LogP contribution is -2.17. The molecule has 0 spiro atoms. The molecule has 1 aliphatic carbocycles. The first kappa shape index (κ1) is 13.4. The fourth-order valence-electron chi connectivity index (χ4n) is 2.93. The highest BCUT2D eigenvalue weighted by molar-refractivity contribution is 5.20. The molecule has 2 aromatic heterocycles. The lowest BCUT2D eigenvalue weighted by atomic mass is 10.1. The van der Waals surface area contributed by atoms with Crippen LogP contribution in [0.1, 0.15) is 42.8 Å². The summed E-state index contributed by atoms with van der Waals surface area (Å²) in [5.41, 5.74) is 3.84. The van der Waals surface area contributed by atoms with Gasteiger partial charge in [0.1, 0.15) is 0 Å². The zero-order valence-electron chi connectivity index (χ0n) is 12.6. The number of nitrogens with one attached hydrogen (secondary N) is 1. The van der Waals surface area contributed by atoms with Gasteiger partial charge in [0, 0.05) is 25.5 Å². The van der Waals surface area contributed by atoms with Crippen molar-refractivity contribution in [1.29, 1.82) is 0 Å². The van der Waals surface area contributed by atoms with Crippen LogP contribution in [0.5, 0.6) is 0 Å².